The van der Waals surface area contributed by atoms with Crippen molar-refractivity contribution in [3.8, 4) is 17.2 Å². The first-order chi connectivity index (χ1) is 9.58. The van der Waals surface area contributed by atoms with E-state index in [-0.39, 0.29) is 16.3 Å². The maximum atomic E-state index is 12.2. The minimum atomic E-state index is -3.47. The zero-order valence-electron chi connectivity index (χ0n) is 11.1. The molecule has 5 heteroatoms. The Hall–Kier alpha value is -2.19. The minimum Gasteiger partial charge on any atom is -0.244 e. The number of rotatable bonds is 4. The van der Waals surface area contributed by atoms with Crippen LogP contribution in [0.1, 0.15) is 19.0 Å². The maximum Gasteiger partial charge on any atom is 0.181 e. The molecule has 0 unspecified atom stereocenters. The van der Waals surface area contributed by atoms with Gasteiger partial charge in [0.1, 0.15) is 11.0 Å². The van der Waals surface area contributed by atoms with Crippen molar-refractivity contribution in [2.24, 2.45) is 0 Å². The second-order valence-corrected chi connectivity index (χ2v) is 6.45. The molecule has 0 spiro atoms. The molecule has 2 rings (SSSR count). The van der Waals surface area contributed by atoms with Crippen molar-refractivity contribution in [3.63, 3.8) is 0 Å². The largest absolute Gasteiger partial charge is 0.244 e. The monoisotopic (exact) mass is 286 g/mol. The van der Waals surface area contributed by atoms with Gasteiger partial charge in [0.15, 0.2) is 15.5 Å². The van der Waals surface area contributed by atoms with Gasteiger partial charge in [-0.1, -0.05) is 37.3 Å². The fourth-order valence-corrected chi connectivity index (χ4v) is 3.39. The first-order valence-electron chi connectivity index (χ1n) is 6.27. The predicted octanol–water partition coefficient (Wildman–Crippen LogP) is 2.80. The average Bonchev–Trinajstić information content (AvgIpc) is 2.47. The molecule has 0 aliphatic heterocycles. The van der Waals surface area contributed by atoms with E-state index in [1.807, 2.05) is 36.4 Å². The predicted molar refractivity (Wildman–Crippen MR) is 76.7 cm³/mol. The van der Waals surface area contributed by atoms with Crippen LogP contribution >= 0.6 is 0 Å². The minimum absolute atomic E-state index is 0.0155. The normalized spacial score (nSPS) is 11.0. The molecule has 20 heavy (non-hydrogen) atoms. The summed E-state index contributed by atoms with van der Waals surface area (Å²) >= 11 is 0. The third-order valence-corrected chi connectivity index (χ3v) is 4.80. The Morgan fingerprint density at radius 2 is 1.90 bits per heavy atom. The molecule has 1 aromatic heterocycles. The van der Waals surface area contributed by atoms with E-state index in [1.165, 1.54) is 12.3 Å². The average molecular weight is 286 g/mol. The summed E-state index contributed by atoms with van der Waals surface area (Å²) in [7, 11) is -3.47. The lowest BCUT2D eigenvalue weighted by atomic mass is 10.1. The van der Waals surface area contributed by atoms with Crippen LogP contribution in [-0.4, -0.2) is 19.2 Å². The highest BCUT2D eigenvalue weighted by atomic mass is 32.2. The van der Waals surface area contributed by atoms with Gasteiger partial charge < -0.3 is 0 Å². The SMILES string of the molecule is CCCS(=O)(=O)c1cc(-c2ccccc2)cnc1C#N. The zero-order chi connectivity index (χ0) is 14.6. The van der Waals surface area contributed by atoms with Crippen molar-refractivity contribution in [1.82, 2.24) is 4.98 Å². The number of sulfone groups is 1. The summed E-state index contributed by atoms with van der Waals surface area (Å²) in [5.41, 5.74) is 1.52. The quantitative estimate of drug-likeness (QED) is 0.866. The summed E-state index contributed by atoms with van der Waals surface area (Å²) < 4.78 is 24.4. The summed E-state index contributed by atoms with van der Waals surface area (Å²) in [5, 5.41) is 9.03. The number of hydrogen-bond donors (Lipinski definition) is 0. The Balaban J connectivity index is 2.60. The highest BCUT2D eigenvalue weighted by molar-refractivity contribution is 7.91. The Kier molecular flexibility index (Phi) is 4.16. The molecule has 0 aliphatic carbocycles. The van der Waals surface area contributed by atoms with Gasteiger partial charge in [-0.05, 0) is 18.1 Å². The molecule has 0 radical (unpaired) electrons. The van der Waals surface area contributed by atoms with Crippen LogP contribution in [0.15, 0.2) is 47.5 Å². The van der Waals surface area contributed by atoms with Gasteiger partial charge >= 0.3 is 0 Å². The molecule has 0 saturated carbocycles. The van der Waals surface area contributed by atoms with Crippen LogP contribution in [0, 0.1) is 11.3 Å². The van der Waals surface area contributed by atoms with Crippen molar-refractivity contribution < 1.29 is 8.42 Å². The third-order valence-electron chi connectivity index (χ3n) is 2.87. The van der Waals surface area contributed by atoms with E-state index in [0.29, 0.717) is 12.0 Å². The van der Waals surface area contributed by atoms with E-state index in [2.05, 4.69) is 4.98 Å². The van der Waals surface area contributed by atoms with Crippen LogP contribution in [0.3, 0.4) is 0 Å². The van der Waals surface area contributed by atoms with Crippen molar-refractivity contribution in [2.45, 2.75) is 18.2 Å². The molecule has 1 aromatic carbocycles. The molecule has 0 atom stereocenters. The van der Waals surface area contributed by atoms with Crippen LogP contribution < -0.4 is 0 Å². The second kappa shape index (κ2) is 5.85. The van der Waals surface area contributed by atoms with E-state index in [4.69, 9.17) is 5.26 Å². The Morgan fingerprint density at radius 1 is 1.20 bits per heavy atom. The van der Waals surface area contributed by atoms with Crippen LogP contribution in [0.25, 0.3) is 11.1 Å². The molecule has 0 saturated heterocycles. The molecule has 4 nitrogen and oxygen atoms in total. The van der Waals surface area contributed by atoms with Gasteiger partial charge in [-0.25, -0.2) is 13.4 Å². The van der Waals surface area contributed by atoms with E-state index >= 15 is 0 Å². The zero-order valence-corrected chi connectivity index (χ0v) is 11.9. The number of nitrogens with zero attached hydrogens (tertiary/aromatic N) is 2. The Bertz CT molecular complexity index is 747. The first kappa shape index (κ1) is 14.2. The summed E-state index contributed by atoms with van der Waals surface area (Å²) in [6, 6.07) is 12.8. The topological polar surface area (TPSA) is 70.8 Å². The highest BCUT2D eigenvalue weighted by Gasteiger charge is 2.20. The van der Waals surface area contributed by atoms with Gasteiger partial charge in [-0.15, -0.1) is 0 Å². The lowest BCUT2D eigenvalue weighted by Crippen LogP contribution is -2.09. The molecule has 2 aromatic rings. The van der Waals surface area contributed by atoms with E-state index in [1.54, 1.807) is 6.92 Å². The lowest BCUT2D eigenvalue weighted by molar-refractivity contribution is 0.594. The van der Waals surface area contributed by atoms with Crippen LogP contribution in [-0.2, 0) is 9.84 Å². The Labute approximate surface area is 118 Å². The van der Waals surface area contributed by atoms with Crippen molar-refractivity contribution in [3.05, 3.63) is 48.3 Å². The standard InChI is InChI=1S/C15H14N2O2S/c1-2-8-20(18,19)15-9-13(11-17-14(15)10-16)12-6-4-3-5-7-12/h3-7,9,11H,2,8H2,1H3. The molecule has 102 valence electrons. The number of pyridine rings is 1. The van der Waals surface area contributed by atoms with E-state index < -0.39 is 9.84 Å². The molecule has 0 aliphatic rings. The van der Waals surface area contributed by atoms with Gasteiger partial charge in [0, 0.05) is 11.8 Å². The van der Waals surface area contributed by atoms with Gasteiger partial charge in [-0.2, -0.15) is 5.26 Å². The number of benzene rings is 1. The van der Waals surface area contributed by atoms with Crippen molar-refractivity contribution in [2.75, 3.05) is 5.75 Å². The van der Waals surface area contributed by atoms with E-state index in [9.17, 15) is 8.42 Å². The first-order valence-corrected chi connectivity index (χ1v) is 7.92. The fraction of sp³-hybridized carbons (Fsp3) is 0.200. The highest BCUT2D eigenvalue weighted by Crippen LogP contribution is 2.24. The van der Waals surface area contributed by atoms with Gasteiger partial charge in [0.2, 0.25) is 0 Å². The molecule has 0 N–H and O–H groups in total. The molecular formula is C15H14N2O2S. The summed E-state index contributed by atoms with van der Waals surface area (Å²) in [6.45, 7) is 1.79. The van der Waals surface area contributed by atoms with Gasteiger partial charge in [0.05, 0.1) is 5.75 Å². The number of aromatic nitrogens is 1. The number of nitriles is 1. The maximum absolute atomic E-state index is 12.2. The third kappa shape index (κ3) is 2.86. The summed E-state index contributed by atoms with van der Waals surface area (Å²) in [6.07, 6.45) is 2.03. The molecule has 1 heterocycles. The molecular weight excluding hydrogens is 272 g/mol. The Morgan fingerprint density at radius 3 is 2.50 bits per heavy atom. The fourth-order valence-electron chi connectivity index (χ4n) is 1.93. The molecule has 0 bridgehead atoms. The van der Waals surface area contributed by atoms with Gasteiger partial charge in [0.25, 0.3) is 0 Å². The van der Waals surface area contributed by atoms with Crippen LogP contribution in [0.4, 0.5) is 0 Å². The van der Waals surface area contributed by atoms with Crippen LogP contribution in [0.2, 0.25) is 0 Å². The number of hydrogen-bond acceptors (Lipinski definition) is 4. The summed E-state index contributed by atoms with van der Waals surface area (Å²) in [5.74, 6) is 0.0155. The van der Waals surface area contributed by atoms with E-state index in [0.717, 1.165) is 5.56 Å². The second-order valence-electron chi connectivity index (χ2n) is 4.37. The smallest absolute Gasteiger partial charge is 0.181 e. The summed E-state index contributed by atoms with van der Waals surface area (Å²) in [4.78, 5) is 4.00. The van der Waals surface area contributed by atoms with Crippen molar-refractivity contribution in [1.29, 1.82) is 5.26 Å². The molecule has 0 amide bonds. The lowest BCUT2D eigenvalue weighted by Gasteiger charge is -2.07. The van der Waals surface area contributed by atoms with Crippen LogP contribution in [0.5, 0.6) is 0 Å². The van der Waals surface area contributed by atoms with Gasteiger partial charge in [-0.3, -0.25) is 0 Å². The van der Waals surface area contributed by atoms with Crippen molar-refractivity contribution >= 4 is 9.84 Å². The molecule has 0 fully saturated rings.